The van der Waals surface area contributed by atoms with Crippen molar-refractivity contribution in [1.29, 1.82) is 0 Å². The highest BCUT2D eigenvalue weighted by Gasteiger charge is 2.60. The van der Waals surface area contributed by atoms with E-state index in [0.29, 0.717) is 24.5 Å². The van der Waals surface area contributed by atoms with Crippen LogP contribution in [0.2, 0.25) is 0 Å². The molecule has 27 heavy (non-hydrogen) atoms. The standard InChI is InChI=1S/C18H16F3N3O2S/c1-23-9-13(14-3-2-8-26-14)17(10-23)15(25)24(16(27)22-17)12-6-4-11(5-7-12)18(19,20)21/h2-8,13H,9-10H2,1H3,(H,22,27)/t13-,17+/m1/s1. The van der Waals surface area contributed by atoms with Crippen molar-refractivity contribution in [3.05, 3.63) is 54.0 Å². The van der Waals surface area contributed by atoms with E-state index in [1.54, 1.807) is 12.3 Å². The molecule has 142 valence electrons. The molecule has 0 bridgehead atoms. The summed E-state index contributed by atoms with van der Waals surface area (Å²) < 4.78 is 43.9. The summed E-state index contributed by atoms with van der Waals surface area (Å²) in [5, 5.41) is 3.30. The lowest BCUT2D eigenvalue weighted by atomic mass is 9.85. The zero-order valence-corrected chi connectivity index (χ0v) is 15.1. The Morgan fingerprint density at radius 1 is 1.26 bits per heavy atom. The lowest BCUT2D eigenvalue weighted by Crippen LogP contribution is -2.52. The molecular weight excluding hydrogens is 379 g/mol. The van der Waals surface area contributed by atoms with Crippen LogP contribution in [0.25, 0.3) is 0 Å². The number of carbonyl (C=O) groups is 1. The van der Waals surface area contributed by atoms with Gasteiger partial charge in [-0.25, -0.2) is 0 Å². The number of nitrogens with zero attached hydrogens (tertiary/aromatic N) is 2. The van der Waals surface area contributed by atoms with Gasteiger partial charge in [0.25, 0.3) is 5.91 Å². The van der Waals surface area contributed by atoms with E-state index in [-0.39, 0.29) is 16.9 Å². The van der Waals surface area contributed by atoms with Crippen LogP contribution in [0.4, 0.5) is 18.9 Å². The molecule has 2 saturated heterocycles. The topological polar surface area (TPSA) is 48.7 Å². The summed E-state index contributed by atoms with van der Waals surface area (Å²) >= 11 is 5.36. The van der Waals surface area contributed by atoms with Gasteiger partial charge >= 0.3 is 6.18 Å². The normalized spacial score (nSPS) is 26.2. The summed E-state index contributed by atoms with van der Waals surface area (Å²) in [5.74, 6) is 0.109. The van der Waals surface area contributed by atoms with Crippen molar-refractivity contribution in [3.63, 3.8) is 0 Å². The monoisotopic (exact) mass is 395 g/mol. The number of rotatable bonds is 2. The SMILES string of the molecule is CN1C[C@H](c2ccco2)[C@]2(C1)NC(=S)N(c1ccc(C(F)(F)F)cc1)C2=O. The number of likely N-dealkylation sites (tertiary alicyclic amines) is 1. The quantitative estimate of drug-likeness (QED) is 0.793. The second-order valence-electron chi connectivity index (χ2n) is 6.85. The molecule has 2 atom stereocenters. The smallest absolute Gasteiger partial charge is 0.416 e. The molecule has 2 aliphatic rings. The largest absolute Gasteiger partial charge is 0.469 e. The van der Waals surface area contributed by atoms with Gasteiger partial charge < -0.3 is 14.6 Å². The third-order valence-corrected chi connectivity index (χ3v) is 5.35. The molecule has 9 heteroatoms. The molecule has 0 unspecified atom stereocenters. The van der Waals surface area contributed by atoms with E-state index in [1.165, 1.54) is 17.0 Å². The van der Waals surface area contributed by atoms with Gasteiger partial charge in [0.05, 0.1) is 23.4 Å². The Labute approximate surface area is 158 Å². The Hall–Kier alpha value is -2.39. The molecular formula is C18H16F3N3O2S. The van der Waals surface area contributed by atoms with E-state index < -0.39 is 17.3 Å². The maximum absolute atomic E-state index is 13.4. The Kier molecular flexibility index (Phi) is 4.04. The Morgan fingerprint density at radius 2 is 1.96 bits per heavy atom. The number of likely N-dealkylation sites (N-methyl/N-ethyl adjacent to an activating group) is 1. The molecule has 5 nitrogen and oxygen atoms in total. The molecule has 1 aromatic heterocycles. The second kappa shape index (κ2) is 6.07. The van der Waals surface area contributed by atoms with Gasteiger partial charge in [-0.3, -0.25) is 9.69 Å². The van der Waals surface area contributed by atoms with E-state index in [2.05, 4.69) is 5.32 Å². The maximum atomic E-state index is 13.4. The van der Waals surface area contributed by atoms with Gasteiger partial charge in [-0.2, -0.15) is 13.2 Å². The number of alkyl halides is 3. The number of benzene rings is 1. The number of anilines is 1. The van der Waals surface area contributed by atoms with Crippen molar-refractivity contribution in [2.24, 2.45) is 0 Å². The van der Waals surface area contributed by atoms with Gasteiger partial charge in [-0.15, -0.1) is 0 Å². The summed E-state index contributed by atoms with van der Waals surface area (Å²) in [4.78, 5) is 16.6. The van der Waals surface area contributed by atoms with E-state index in [9.17, 15) is 18.0 Å². The first kappa shape index (κ1) is 18.0. The Morgan fingerprint density at radius 3 is 2.56 bits per heavy atom. The minimum atomic E-state index is -4.44. The van der Waals surface area contributed by atoms with E-state index in [4.69, 9.17) is 16.6 Å². The number of amides is 1. The lowest BCUT2D eigenvalue weighted by molar-refractivity contribution is -0.137. The fourth-order valence-corrected chi connectivity index (χ4v) is 4.23. The molecule has 1 spiro atoms. The highest BCUT2D eigenvalue weighted by Crippen LogP contribution is 2.41. The van der Waals surface area contributed by atoms with Crippen LogP contribution in [-0.4, -0.2) is 41.6 Å². The minimum Gasteiger partial charge on any atom is -0.469 e. The van der Waals surface area contributed by atoms with Gasteiger partial charge in [0.1, 0.15) is 11.3 Å². The average Bonchev–Trinajstić information content (AvgIpc) is 3.27. The summed E-state index contributed by atoms with van der Waals surface area (Å²) in [7, 11) is 1.89. The first-order chi connectivity index (χ1) is 12.7. The fraction of sp³-hybridized carbons (Fsp3) is 0.333. The molecule has 0 saturated carbocycles. The fourth-order valence-electron chi connectivity index (χ4n) is 3.86. The van der Waals surface area contributed by atoms with Crippen LogP contribution in [0.3, 0.4) is 0 Å². The average molecular weight is 395 g/mol. The van der Waals surface area contributed by atoms with E-state index >= 15 is 0 Å². The first-order valence-corrected chi connectivity index (χ1v) is 8.69. The van der Waals surface area contributed by atoms with Crippen LogP contribution in [0, 0.1) is 0 Å². The molecule has 4 rings (SSSR count). The molecule has 1 N–H and O–H groups in total. The number of nitrogens with one attached hydrogen (secondary N) is 1. The number of halogens is 3. The highest BCUT2D eigenvalue weighted by molar-refractivity contribution is 7.80. The number of thiocarbonyl (C=S) groups is 1. The summed E-state index contributed by atoms with van der Waals surface area (Å²) in [6.07, 6.45) is -2.89. The lowest BCUT2D eigenvalue weighted by Gasteiger charge is -2.26. The van der Waals surface area contributed by atoms with Crippen molar-refractivity contribution in [1.82, 2.24) is 10.2 Å². The minimum absolute atomic E-state index is 0.173. The third kappa shape index (κ3) is 2.81. The van der Waals surface area contributed by atoms with Gasteiger partial charge in [0.15, 0.2) is 5.11 Å². The Balaban J connectivity index is 1.69. The second-order valence-corrected chi connectivity index (χ2v) is 7.24. The van der Waals surface area contributed by atoms with Crippen LogP contribution in [0.5, 0.6) is 0 Å². The van der Waals surface area contributed by atoms with Crippen LogP contribution in [-0.2, 0) is 11.0 Å². The predicted molar refractivity (Wildman–Crippen MR) is 96.3 cm³/mol. The molecule has 2 aliphatic heterocycles. The third-order valence-electron chi connectivity index (χ3n) is 5.07. The van der Waals surface area contributed by atoms with Gasteiger partial charge in [0.2, 0.25) is 0 Å². The molecule has 0 radical (unpaired) electrons. The molecule has 1 aromatic carbocycles. The van der Waals surface area contributed by atoms with Gasteiger partial charge in [-0.1, -0.05) is 0 Å². The zero-order chi connectivity index (χ0) is 19.4. The summed E-state index contributed by atoms with van der Waals surface area (Å²) in [6, 6.07) is 7.97. The highest BCUT2D eigenvalue weighted by atomic mass is 32.1. The van der Waals surface area contributed by atoms with Gasteiger partial charge in [0, 0.05) is 13.1 Å². The molecule has 0 aliphatic carbocycles. The number of hydrogen-bond acceptors (Lipinski definition) is 4. The van der Waals surface area contributed by atoms with E-state index in [1.807, 2.05) is 18.0 Å². The number of hydrogen-bond donors (Lipinski definition) is 1. The summed E-state index contributed by atoms with van der Waals surface area (Å²) in [5.41, 5.74) is -1.48. The molecule has 1 amide bonds. The number of carbonyl (C=O) groups excluding carboxylic acids is 1. The number of furan rings is 1. The zero-order valence-electron chi connectivity index (χ0n) is 14.3. The first-order valence-electron chi connectivity index (χ1n) is 8.28. The van der Waals surface area contributed by atoms with Crippen molar-refractivity contribution in [3.8, 4) is 0 Å². The molecule has 2 aromatic rings. The maximum Gasteiger partial charge on any atom is 0.416 e. The van der Waals surface area contributed by atoms with Crippen molar-refractivity contribution < 1.29 is 22.4 Å². The van der Waals surface area contributed by atoms with Crippen LogP contribution in [0.15, 0.2) is 47.1 Å². The van der Waals surface area contributed by atoms with E-state index in [0.717, 1.165) is 12.1 Å². The van der Waals surface area contributed by atoms with Crippen molar-refractivity contribution >= 4 is 28.9 Å². The Bertz CT molecular complexity index is 882. The van der Waals surface area contributed by atoms with Crippen molar-refractivity contribution in [2.45, 2.75) is 17.6 Å². The van der Waals surface area contributed by atoms with Gasteiger partial charge in [-0.05, 0) is 55.7 Å². The van der Waals surface area contributed by atoms with Crippen LogP contribution >= 0.6 is 12.2 Å². The predicted octanol–water partition coefficient (Wildman–Crippen LogP) is 2.99. The summed E-state index contributed by atoms with van der Waals surface area (Å²) in [6.45, 7) is 1.00. The molecule has 2 fully saturated rings. The molecule has 3 heterocycles. The van der Waals surface area contributed by atoms with Crippen LogP contribution in [0.1, 0.15) is 17.2 Å². The van der Waals surface area contributed by atoms with Crippen LogP contribution < -0.4 is 10.2 Å². The van der Waals surface area contributed by atoms with Crippen molar-refractivity contribution in [2.75, 3.05) is 25.0 Å².